The molecule has 1 aromatic carbocycles. The largest absolute Gasteiger partial charge is 0.336 e. The highest BCUT2D eigenvalue weighted by Gasteiger charge is 2.29. The molecule has 94 valence electrons. The Hall–Kier alpha value is -1.01. The smallest absolute Gasteiger partial charge is 0.210 e. The Morgan fingerprint density at radius 2 is 2.00 bits per heavy atom. The second-order valence-electron chi connectivity index (χ2n) is 4.40. The van der Waals surface area contributed by atoms with Crippen LogP contribution in [0.15, 0.2) is 33.9 Å². The first kappa shape index (κ1) is 12.0. The van der Waals surface area contributed by atoms with Gasteiger partial charge in [-0.2, -0.15) is 0 Å². The molecule has 1 aromatic heterocycles. The van der Waals surface area contributed by atoms with Gasteiger partial charge in [0.25, 0.3) is 0 Å². The monoisotopic (exact) mass is 324 g/mol. The summed E-state index contributed by atoms with van der Waals surface area (Å²) in [6.07, 6.45) is 2.37. The van der Waals surface area contributed by atoms with Crippen LogP contribution in [0.1, 0.15) is 30.1 Å². The van der Waals surface area contributed by atoms with Crippen molar-refractivity contribution in [2.24, 2.45) is 0 Å². The summed E-state index contributed by atoms with van der Waals surface area (Å²) in [5.41, 5.74) is 1.25. The van der Waals surface area contributed by atoms with E-state index in [4.69, 9.17) is 5.84 Å². The molecule has 18 heavy (non-hydrogen) atoms. The highest BCUT2D eigenvalue weighted by molar-refractivity contribution is 9.10. The fourth-order valence-electron chi connectivity index (χ4n) is 1.74. The number of thioether (sulfide) groups is 1. The van der Waals surface area contributed by atoms with Crippen molar-refractivity contribution in [3.8, 4) is 0 Å². The lowest BCUT2D eigenvalue weighted by Gasteiger charge is -2.03. The lowest BCUT2D eigenvalue weighted by molar-refractivity contribution is 0.790. The van der Waals surface area contributed by atoms with Crippen LogP contribution in [0.2, 0.25) is 0 Å². The molecule has 0 amide bonds. The number of hydrogen-bond donors (Lipinski definition) is 1. The Balaban J connectivity index is 1.67. The second-order valence-corrected chi connectivity index (χ2v) is 6.26. The van der Waals surface area contributed by atoms with Crippen molar-refractivity contribution in [2.75, 3.05) is 5.84 Å². The summed E-state index contributed by atoms with van der Waals surface area (Å²) in [6, 6.07) is 8.27. The summed E-state index contributed by atoms with van der Waals surface area (Å²) < 4.78 is 2.73. The summed E-state index contributed by atoms with van der Waals surface area (Å²) in [6.45, 7) is 0. The van der Waals surface area contributed by atoms with Crippen LogP contribution < -0.4 is 5.84 Å². The first-order chi connectivity index (χ1) is 8.74. The van der Waals surface area contributed by atoms with Gasteiger partial charge < -0.3 is 5.84 Å². The van der Waals surface area contributed by atoms with E-state index in [0.29, 0.717) is 5.92 Å². The van der Waals surface area contributed by atoms with Crippen LogP contribution in [0.4, 0.5) is 0 Å². The molecule has 2 aromatic rings. The third-order valence-electron chi connectivity index (χ3n) is 2.91. The van der Waals surface area contributed by atoms with Gasteiger partial charge in [0.1, 0.15) is 0 Å². The van der Waals surface area contributed by atoms with E-state index in [2.05, 4.69) is 38.3 Å². The molecule has 1 fully saturated rings. The quantitative estimate of drug-likeness (QED) is 0.694. The highest BCUT2D eigenvalue weighted by atomic mass is 79.9. The normalized spacial score (nSPS) is 14.9. The number of halogens is 1. The molecule has 0 unspecified atom stereocenters. The maximum Gasteiger partial charge on any atom is 0.210 e. The number of aromatic nitrogens is 3. The minimum atomic E-state index is 0.532. The molecule has 0 atom stereocenters. The number of benzene rings is 1. The predicted molar refractivity (Wildman–Crippen MR) is 75.9 cm³/mol. The average molecular weight is 325 g/mol. The Labute approximate surface area is 118 Å². The maximum absolute atomic E-state index is 6.00. The first-order valence-corrected chi connectivity index (χ1v) is 7.59. The molecule has 0 saturated heterocycles. The summed E-state index contributed by atoms with van der Waals surface area (Å²) >= 11 is 5.05. The molecule has 1 heterocycles. The average Bonchev–Trinajstić information content (AvgIpc) is 3.14. The standard InChI is InChI=1S/C12H13BrN4S/c13-10-5-1-8(2-6-10)7-18-12-16-15-11(17(12)14)9-3-4-9/h1-2,5-6,9H,3-4,7,14H2. The molecule has 3 rings (SSSR count). The van der Waals surface area contributed by atoms with E-state index in [1.54, 1.807) is 16.4 Å². The van der Waals surface area contributed by atoms with E-state index < -0.39 is 0 Å². The van der Waals surface area contributed by atoms with Crippen LogP contribution in [0.5, 0.6) is 0 Å². The van der Waals surface area contributed by atoms with E-state index in [0.717, 1.165) is 21.2 Å². The fourth-order valence-corrected chi connectivity index (χ4v) is 2.82. The van der Waals surface area contributed by atoms with E-state index in [-0.39, 0.29) is 0 Å². The zero-order valence-electron chi connectivity index (χ0n) is 9.71. The number of nitrogens with zero attached hydrogens (tertiary/aromatic N) is 3. The molecule has 0 aliphatic heterocycles. The van der Waals surface area contributed by atoms with Gasteiger partial charge in [0, 0.05) is 16.1 Å². The lowest BCUT2D eigenvalue weighted by atomic mass is 10.2. The molecular formula is C12H13BrN4S. The highest BCUT2D eigenvalue weighted by Crippen LogP contribution is 2.39. The van der Waals surface area contributed by atoms with E-state index in [1.807, 2.05) is 12.1 Å². The molecule has 1 aliphatic carbocycles. The molecule has 0 radical (unpaired) electrons. The van der Waals surface area contributed by atoms with Crippen molar-refractivity contribution < 1.29 is 0 Å². The van der Waals surface area contributed by atoms with Crippen molar-refractivity contribution in [1.29, 1.82) is 0 Å². The first-order valence-electron chi connectivity index (χ1n) is 5.81. The van der Waals surface area contributed by atoms with Gasteiger partial charge in [-0.05, 0) is 30.5 Å². The van der Waals surface area contributed by atoms with Crippen molar-refractivity contribution in [1.82, 2.24) is 14.9 Å². The zero-order valence-corrected chi connectivity index (χ0v) is 12.1. The Morgan fingerprint density at radius 1 is 1.28 bits per heavy atom. The van der Waals surface area contributed by atoms with Gasteiger partial charge in [-0.3, -0.25) is 0 Å². The van der Waals surface area contributed by atoms with Gasteiger partial charge in [-0.1, -0.05) is 39.8 Å². The number of nitrogens with two attached hydrogens (primary N) is 1. The van der Waals surface area contributed by atoms with E-state index in [9.17, 15) is 0 Å². The van der Waals surface area contributed by atoms with Crippen molar-refractivity contribution in [2.45, 2.75) is 29.7 Å². The van der Waals surface area contributed by atoms with Gasteiger partial charge in [0.05, 0.1) is 0 Å². The predicted octanol–water partition coefficient (Wildman–Crippen LogP) is 2.92. The minimum Gasteiger partial charge on any atom is -0.336 e. The van der Waals surface area contributed by atoms with Gasteiger partial charge in [-0.15, -0.1) is 10.2 Å². The van der Waals surface area contributed by atoms with Crippen molar-refractivity contribution in [3.63, 3.8) is 0 Å². The number of nitrogen functional groups attached to an aromatic ring is 1. The van der Waals surface area contributed by atoms with Crippen molar-refractivity contribution >= 4 is 27.7 Å². The Kier molecular flexibility index (Phi) is 3.30. The minimum absolute atomic E-state index is 0.532. The van der Waals surface area contributed by atoms with Crippen LogP contribution in [0.25, 0.3) is 0 Å². The summed E-state index contributed by atoms with van der Waals surface area (Å²) in [7, 11) is 0. The molecule has 2 N–H and O–H groups in total. The van der Waals surface area contributed by atoms with E-state index in [1.165, 1.54) is 18.4 Å². The summed E-state index contributed by atoms with van der Waals surface area (Å²) in [5, 5.41) is 9.11. The Bertz CT molecular complexity index is 548. The Morgan fingerprint density at radius 3 is 2.67 bits per heavy atom. The van der Waals surface area contributed by atoms with Crippen LogP contribution in [0, 0.1) is 0 Å². The van der Waals surface area contributed by atoms with Gasteiger partial charge in [0.15, 0.2) is 5.82 Å². The van der Waals surface area contributed by atoms with Gasteiger partial charge in [-0.25, -0.2) is 4.68 Å². The summed E-state index contributed by atoms with van der Waals surface area (Å²) in [5.74, 6) is 8.31. The molecule has 0 spiro atoms. The fraction of sp³-hybridized carbons (Fsp3) is 0.333. The molecule has 1 saturated carbocycles. The van der Waals surface area contributed by atoms with Crippen LogP contribution in [-0.4, -0.2) is 14.9 Å². The summed E-state index contributed by atoms with van der Waals surface area (Å²) in [4.78, 5) is 0. The van der Waals surface area contributed by atoms with Gasteiger partial charge in [0.2, 0.25) is 5.16 Å². The number of rotatable bonds is 4. The number of hydrogen-bond acceptors (Lipinski definition) is 4. The van der Waals surface area contributed by atoms with Crippen LogP contribution in [-0.2, 0) is 5.75 Å². The molecule has 0 bridgehead atoms. The third kappa shape index (κ3) is 2.54. The molecule has 6 heteroatoms. The topological polar surface area (TPSA) is 56.7 Å². The van der Waals surface area contributed by atoms with Crippen molar-refractivity contribution in [3.05, 3.63) is 40.1 Å². The van der Waals surface area contributed by atoms with Gasteiger partial charge >= 0.3 is 0 Å². The van der Waals surface area contributed by atoms with Crippen LogP contribution >= 0.6 is 27.7 Å². The SMILES string of the molecule is Nn1c(SCc2ccc(Br)cc2)nnc1C1CC1. The zero-order chi connectivity index (χ0) is 12.5. The molecule has 1 aliphatic rings. The molecule has 4 nitrogen and oxygen atoms in total. The van der Waals surface area contributed by atoms with E-state index >= 15 is 0 Å². The molecular weight excluding hydrogens is 312 g/mol. The maximum atomic E-state index is 6.00. The lowest BCUT2D eigenvalue weighted by Crippen LogP contribution is -2.13. The van der Waals surface area contributed by atoms with Crippen LogP contribution in [0.3, 0.4) is 0 Å². The third-order valence-corrected chi connectivity index (χ3v) is 4.46. The second kappa shape index (κ2) is 4.93.